The maximum absolute atomic E-state index is 4.11. The molecule has 1 aliphatic rings. The fourth-order valence-electron chi connectivity index (χ4n) is 2.56. The minimum Gasteiger partial charge on any atom is -0.357 e. The number of rotatable bonds is 3. The van der Waals surface area contributed by atoms with Crippen molar-refractivity contribution in [2.24, 2.45) is 0 Å². The van der Waals surface area contributed by atoms with Crippen molar-refractivity contribution in [1.29, 1.82) is 0 Å². The Labute approximate surface area is 111 Å². The standard InChI is InChI=1S/C14H17N3S/c1-9-5-3-4-6-13(9)11-7-12(8-11)15-14-17-16-10(2)18-14/h3-6,11-12H,7-8H2,1-2H3,(H,15,17). The molecule has 1 fully saturated rings. The topological polar surface area (TPSA) is 37.8 Å². The third-order valence-corrected chi connectivity index (χ3v) is 4.39. The number of nitrogens with one attached hydrogen (secondary N) is 1. The first-order chi connectivity index (χ1) is 8.72. The van der Waals surface area contributed by atoms with Gasteiger partial charge in [0.05, 0.1) is 0 Å². The molecule has 0 spiro atoms. The molecule has 1 aromatic carbocycles. The van der Waals surface area contributed by atoms with Crippen LogP contribution in [0.15, 0.2) is 24.3 Å². The number of hydrogen-bond acceptors (Lipinski definition) is 4. The van der Waals surface area contributed by atoms with Crippen LogP contribution >= 0.6 is 11.3 Å². The van der Waals surface area contributed by atoms with E-state index in [1.165, 1.54) is 24.0 Å². The Balaban J connectivity index is 1.59. The van der Waals surface area contributed by atoms with Gasteiger partial charge in [0.1, 0.15) is 5.01 Å². The van der Waals surface area contributed by atoms with Crippen LogP contribution in [-0.4, -0.2) is 16.2 Å². The fraction of sp³-hybridized carbons (Fsp3) is 0.429. The summed E-state index contributed by atoms with van der Waals surface area (Å²) >= 11 is 1.63. The highest BCUT2D eigenvalue weighted by atomic mass is 32.1. The maximum atomic E-state index is 4.11. The molecule has 0 bridgehead atoms. The Morgan fingerprint density at radius 2 is 1.94 bits per heavy atom. The van der Waals surface area contributed by atoms with Crippen LogP contribution in [0.3, 0.4) is 0 Å². The van der Waals surface area contributed by atoms with Crippen LogP contribution in [0.25, 0.3) is 0 Å². The molecule has 0 aliphatic heterocycles. The largest absolute Gasteiger partial charge is 0.357 e. The maximum Gasteiger partial charge on any atom is 0.205 e. The molecular weight excluding hydrogens is 242 g/mol. The summed E-state index contributed by atoms with van der Waals surface area (Å²) < 4.78 is 0. The van der Waals surface area contributed by atoms with Crippen LogP contribution in [0.4, 0.5) is 5.13 Å². The van der Waals surface area contributed by atoms with E-state index in [1.54, 1.807) is 11.3 Å². The van der Waals surface area contributed by atoms with Gasteiger partial charge in [-0.3, -0.25) is 0 Å². The zero-order valence-electron chi connectivity index (χ0n) is 10.7. The number of hydrogen-bond donors (Lipinski definition) is 1. The normalized spacial score (nSPS) is 22.6. The first-order valence-corrected chi connectivity index (χ1v) is 7.16. The summed E-state index contributed by atoms with van der Waals surface area (Å²) in [5, 5.41) is 13.6. The van der Waals surface area contributed by atoms with Crippen molar-refractivity contribution in [3.05, 3.63) is 40.4 Å². The van der Waals surface area contributed by atoms with Gasteiger partial charge in [-0.1, -0.05) is 35.6 Å². The fourth-order valence-corrected chi connectivity index (χ4v) is 3.23. The lowest BCUT2D eigenvalue weighted by molar-refractivity contribution is 0.372. The third kappa shape index (κ3) is 2.25. The van der Waals surface area contributed by atoms with Crippen LogP contribution in [0.2, 0.25) is 0 Å². The minimum atomic E-state index is 0.557. The van der Waals surface area contributed by atoms with Crippen molar-refractivity contribution in [1.82, 2.24) is 10.2 Å². The molecular formula is C14H17N3S. The highest BCUT2D eigenvalue weighted by Gasteiger charge is 2.31. The van der Waals surface area contributed by atoms with Gasteiger partial charge >= 0.3 is 0 Å². The Bertz CT molecular complexity index is 543. The summed E-state index contributed by atoms with van der Waals surface area (Å²) in [6.07, 6.45) is 2.40. The molecule has 0 amide bonds. The number of aryl methyl sites for hydroxylation is 2. The van der Waals surface area contributed by atoms with E-state index in [0.717, 1.165) is 10.1 Å². The summed E-state index contributed by atoms with van der Waals surface area (Å²) in [6, 6.07) is 9.26. The quantitative estimate of drug-likeness (QED) is 0.916. The van der Waals surface area contributed by atoms with Crippen LogP contribution in [0.1, 0.15) is 34.9 Å². The molecule has 0 radical (unpaired) electrons. The average molecular weight is 259 g/mol. The molecule has 1 saturated carbocycles. The molecule has 1 aliphatic carbocycles. The van der Waals surface area contributed by atoms with E-state index in [9.17, 15) is 0 Å². The number of anilines is 1. The Kier molecular flexibility index (Phi) is 3.04. The van der Waals surface area contributed by atoms with Crippen molar-refractivity contribution < 1.29 is 0 Å². The molecule has 2 aromatic rings. The molecule has 0 unspecified atom stereocenters. The van der Waals surface area contributed by atoms with Crippen LogP contribution in [0.5, 0.6) is 0 Å². The average Bonchev–Trinajstić information content (AvgIpc) is 2.70. The number of nitrogens with zero attached hydrogens (tertiary/aromatic N) is 2. The molecule has 94 valence electrons. The summed E-state index contributed by atoms with van der Waals surface area (Å²) in [7, 11) is 0. The van der Waals surface area contributed by atoms with Gasteiger partial charge in [0.25, 0.3) is 0 Å². The van der Waals surface area contributed by atoms with E-state index in [2.05, 4.69) is 46.7 Å². The number of aromatic nitrogens is 2. The van der Waals surface area contributed by atoms with Crippen LogP contribution in [-0.2, 0) is 0 Å². The molecule has 18 heavy (non-hydrogen) atoms. The zero-order valence-corrected chi connectivity index (χ0v) is 11.5. The van der Waals surface area contributed by atoms with Gasteiger partial charge < -0.3 is 5.32 Å². The van der Waals surface area contributed by atoms with Gasteiger partial charge in [0.2, 0.25) is 5.13 Å². The summed E-state index contributed by atoms with van der Waals surface area (Å²) in [5.74, 6) is 0.706. The number of benzene rings is 1. The predicted octanol–water partition coefficient (Wildman–Crippen LogP) is 3.51. The van der Waals surface area contributed by atoms with Gasteiger partial charge in [0.15, 0.2) is 0 Å². The lowest BCUT2D eigenvalue weighted by Crippen LogP contribution is -2.34. The molecule has 1 heterocycles. The molecule has 0 atom stereocenters. The lowest BCUT2D eigenvalue weighted by Gasteiger charge is -2.36. The van der Waals surface area contributed by atoms with E-state index in [-0.39, 0.29) is 0 Å². The zero-order chi connectivity index (χ0) is 12.5. The van der Waals surface area contributed by atoms with Gasteiger partial charge in [-0.05, 0) is 43.7 Å². The van der Waals surface area contributed by atoms with Crippen molar-refractivity contribution in [3.8, 4) is 0 Å². The predicted molar refractivity (Wildman–Crippen MR) is 75.2 cm³/mol. The van der Waals surface area contributed by atoms with E-state index in [1.807, 2.05) is 6.92 Å². The van der Waals surface area contributed by atoms with Crippen molar-refractivity contribution in [2.75, 3.05) is 5.32 Å². The molecule has 0 saturated heterocycles. The molecule has 3 rings (SSSR count). The van der Waals surface area contributed by atoms with Crippen LogP contribution < -0.4 is 5.32 Å². The van der Waals surface area contributed by atoms with Gasteiger partial charge in [-0.2, -0.15) is 0 Å². The Hall–Kier alpha value is -1.42. The highest BCUT2D eigenvalue weighted by Crippen LogP contribution is 2.39. The van der Waals surface area contributed by atoms with E-state index in [0.29, 0.717) is 12.0 Å². The van der Waals surface area contributed by atoms with Crippen LogP contribution in [0, 0.1) is 13.8 Å². The van der Waals surface area contributed by atoms with Crippen molar-refractivity contribution in [3.63, 3.8) is 0 Å². The SMILES string of the molecule is Cc1nnc(NC2CC(c3ccccc3C)C2)s1. The molecule has 1 N–H and O–H groups in total. The molecule has 4 heteroatoms. The molecule has 3 nitrogen and oxygen atoms in total. The minimum absolute atomic E-state index is 0.557. The lowest BCUT2D eigenvalue weighted by atomic mass is 9.74. The monoisotopic (exact) mass is 259 g/mol. The third-order valence-electron chi connectivity index (χ3n) is 3.62. The second-order valence-electron chi connectivity index (χ2n) is 4.99. The Morgan fingerprint density at radius 1 is 1.17 bits per heavy atom. The first kappa shape index (κ1) is 11.7. The van der Waals surface area contributed by atoms with Crippen molar-refractivity contribution in [2.45, 2.75) is 38.6 Å². The van der Waals surface area contributed by atoms with Gasteiger partial charge in [0, 0.05) is 6.04 Å². The second-order valence-corrected chi connectivity index (χ2v) is 6.17. The second kappa shape index (κ2) is 4.69. The highest BCUT2D eigenvalue weighted by molar-refractivity contribution is 7.15. The van der Waals surface area contributed by atoms with E-state index < -0.39 is 0 Å². The van der Waals surface area contributed by atoms with E-state index in [4.69, 9.17) is 0 Å². The smallest absolute Gasteiger partial charge is 0.205 e. The summed E-state index contributed by atoms with van der Waals surface area (Å²) in [4.78, 5) is 0. The summed E-state index contributed by atoms with van der Waals surface area (Å²) in [6.45, 7) is 4.18. The first-order valence-electron chi connectivity index (χ1n) is 6.34. The Morgan fingerprint density at radius 3 is 2.61 bits per heavy atom. The van der Waals surface area contributed by atoms with Crippen molar-refractivity contribution >= 4 is 16.5 Å². The molecule has 1 aromatic heterocycles. The van der Waals surface area contributed by atoms with Gasteiger partial charge in [-0.15, -0.1) is 10.2 Å². The van der Waals surface area contributed by atoms with E-state index >= 15 is 0 Å². The van der Waals surface area contributed by atoms with Gasteiger partial charge in [-0.25, -0.2) is 0 Å². The summed E-state index contributed by atoms with van der Waals surface area (Å²) in [5.41, 5.74) is 2.91.